The SMILES string of the molecule is CN(CCNc1ccc(C(N)=O)cn1)Cc1ccc(F)cc1. The van der Waals surface area contributed by atoms with Gasteiger partial charge < -0.3 is 16.0 Å². The van der Waals surface area contributed by atoms with Crippen molar-refractivity contribution in [1.29, 1.82) is 0 Å². The monoisotopic (exact) mass is 302 g/mol. The Morgan fingerprint density at radius 1 is 1.27 bits per heavy atom. The number of anilines is 1. The summed E-state index contributed by atoms with van der Waals surface area (Å²) in [5.41, 5.74) is 6.61. The van der Waals surface area contributed by atoms with Gasteiger partial charge in [-0.15, -0.1) is 0 Å². The minimum atomic E-state index is -0.488. The Labute approximate surface area is 129 Å². The fourth-order valence-electron chi connectivity index (χ4n) is 2.00. The predicted molar refractivity (Wildman–Crippen MR) is 84.0 cm³/mol. The highest BCUT2D eigenvalue weighted by molar-refractivity contribution is 5.92. The third kappa shape index (κ3) is 4.82. The van der Waals surface area contributed by atoms with Crippen LogP contribution in [0.3, 0.4) is 0 Å². The summed E-state index contributed by atoms with van der Waals surface area (Å²) < 4.78 is 12.8. The van der Waals surface area contributed by atoms with Crippen LogP contribution in [-0.4, -0.2) is 35.9 Å². The van der Waals surface area contributed by atoms with Gasteiger partial charge in [0.15, 0.2) is 0 Å². The molecule has 0 aliphatic carbocycles. The van der Waals surface area contributed by atoms with E-state index in [9.17, 15) is 9.18 Å². The predicted octanol–water partition coefficient (Wildman–Crippen LogP) is 1.86. The Kier molecular flexibility index (Phi) is 5.43. The van der Waals surface area contributed by atoms with Gasteiger partial charge in [0.25, 0.3) is 0 Å². The summed E-state index contributed by atoms with van der Waals surface area (Å²) in [4.78, 5) is 17.2. The molecule has 116 valence electrons. The average Bonchev–Trinajstić information content (AvgIpc) is 2.50. The number of likely N-dealkylation sites (N-methyl/N-ethyl adjacent to an activating group) is 1. The highest BCUT2D eigenvalue weighted by Crippen LogP contribution is 2.06. The van der Waals surface area contributed by atoms with Gasteiger partial charge in [-0.2, -0.15) is 0 Å². The van der Waals surface area contributed by atoms with Gasteiger partial charge in [-0.05, 0) is 36.9 Å². The Morgan fingerprint density at radius 2 is 2.00 bits per heavy atom. The lowest BCUT2D eigenvalue weighted by molar-refractivity contribution is 0.1000. The first kappa shape index (κ1) is 15.9. The van der Waals surface area contributed by atoms with Crippen LogP contribution in [0.4, 0.5) is 10.2 Å². The van der Waals surface area contributed by atoms with Crippen LogP contribution in [0.25, 0.3) is 0 Å². The van der Waals surface area contributed by atoms with E-state index in [1.54, 1.807) is 24.3 Å². The zero-order chi connectivity index (χ0) is 15.9. The number of nitrogens with one attached hydrogen (secondary N) is 1. The van der Waals surface area contributed by atoms with Crippen molar-refractivity contribution in [2.24, 2.45) is 5.73 Å². The minimum absolute atomic E-state index is 0.224. The lowest BCUT2D eigenvalue weighted by atomic mass is 10.2. The number of carbonyl (C=O) groups excluding carboxylic acids is 1. The summed E-state index contributed by atoms with van der Waals surface area (Å²) in [6.45, 7) is 2.26. The van der Waals surface area contributed by atoms with Gasteiger partial charge in [0.1, 0.15) is 11.6 Å². The molecule has 0 bridgehead atoms. The molecule has 3 N–H and O–H groups in total. The third-order valence-electron chi connectivity index (χ3n) is 3.21. The lowest BCUT2D eigenvalue weighted by Crippen LogP contribution is -2.25. The van der Waals surface area contributed by atoms with Crippen molar-refractivity contribution in [3.8, 4) is 0 Å². The van der Waals surface area contributed by atoms with Gasteiger partial charge in [0.2, 0.25) is 5.91 Å². The van der Waals surface area contributed by atoms with E-state index in [1.165, 1.54) is 18.3 Å². The lowest BCUT2D eigenvalue weighted by Gasteiger charge is -2.17. The number of benzene rings is 1. The summed E-state index contributed by atoms with van der Waals surface area (Å²) in [6, 6.07) is 9.85. The fourth-order valence-corrected chi connectivity index (χ4v) is 2.00. The van der Waals surface area contributed by atoms with Crippen LogP contribution in [0.2, 0.25) is 0 Å². The van der Waals surface area contributed by atoms with Gasteiger partial charge in [0, 0.05) is 25.8 Å². The van der Waals surface area contributed by atoms with Gasteiger partial charge in [-0.25, -0.2) is 9.37 Å². The first-order valence-corrected chi connectivity index (χ1v) is 6.97. The van der Waals surface area contributed by atoms with Crippen molar-refractivity contribution in [2.45, 2.75) is 6.54 Å². The van der Waals surface area contributed by atoms with Crippen molar-refractivity contribution in [1.82, 2.24) is 9.88 Å². The van der Waals surface area contributed by atoms with E-state index in [0.29, 0.717) is 17.9 Å². The van der Waals surface area contributed by atoms with Gasteiger partial charge >= 0.3 is 0 Å². The number of halogens is 1. The molecule has 1 aromatic carbocycles. The van der Waals surface area contributed by atoms with Crippen molar-refractivity contribution in [3.05, 3.63) is 59.5 Å². The Hall–Kier alpha value is -2.47. The molecule has 0 aliphatic rings. The van der Waals surface area contributed by atoms with Crippen LogP contribution in [0.1, 0.15) is 15.9 Å². The van der Waals surface area contributed by atoms with E-state index in [0.717, 1.165) is 18.7 Å². The van der Waals surface area contributed by atoms with Gasteiger partial charge in [-0.3, -0.25) is 4.79 Å². The molecule has 6 heteroatoms. The van der Waals surface area contributed by atoms with Crippen LogP contribution in [0, 0.1) is 5.82 Å². The molecule has 2 rings (SSSR count). The Balaban J connectivity index is 1.75. The normalized spacial score (nSPS) is 10.7. The number of carbonyl (C=O) groups is 1. The minimum Gasteiger partial charge on any atom is -0.369 e. The maximum absolute atomic E-state index is 12.8. The molecular formula is C16H19FN4O. The number of nitrogens with zero attached hydrogens (tertiary/aromatic N) is 2. The van der Waals surface area contributed by atoms with Crippen molar-refractivity contribution >= 4 is 11.7 Å². The number of primary amides is 1. The van der Waals surface area contributed by atoms with Crippen LogP contribution in [0.15, 0.2) is 42.6 Å². The molecule has 0 saturated carbocycles. The first-order chi connectivity index (χ1) is 10.5. The number of hydrogen-bond acceptors (Lipinski definition) is 4. The quantitative estimate of drug-likeness (QED) is 0.819. The molecule has 0 unspecified atom stereocenters. The number of pyridine rings is 1. The third-order valence-corrected chi connectivity index (χ3v) is 3.21. The molecule has 0 spiro atoms. The van der Waals surface area contributed by atoms with Crippen LogP contribution < -0.4 is 11.1 Å². The first-order valence-electron chi connectivity index (χ1n) is 6.97. The van der Waals surface area contributed by atoms with Crippen LogP contribution in [0.5, 0.6) is 0 Å². The maximum Gasteiger partial charge on any atom is 0.250 e. The number of aromatic nitrogens is 1. The molecule has 0 fully saturated rings. The molecule has 2 aromatic rings. The second-order valence-electron chi connectivity index (χ2n) is 5.09. The van der Waals surface area contributed by atoms with E-state index >= 15 is 0 Å². The van der Waals surface area contributed by atoms with Crippen LogP contribution >= 0.6 is 0 Å². The molecule has 0 aliphatic heterocycles. The Morgan fingerprint density at radius 3 is 2.59 bits per heavy atom. The molecule has 1 heterocycles. The topological polar surface area (TPSA) is 71.2 Å². The number of nitrogens with two attached hydrogens (primary N) is 1. The zero-order valence-corrected chi connectivity index (χ0v) is 12.4. The summed E-state index contributed by atoms with van der Waals surface area (Å²) in [5.74, 6) is -0.0168. The largest absolute Gasteiger partial charge is 0.369 e. The molecular weight excluding hydrogens is 283 g/mol. The second kappa shape index (κ2) is 7.51. The smallest absolute Gasteiger partial charge is 0.250 e. The van der Waals surface area contributed by atoms with Gasteiger partial charge in [0.05, 0.1) is 5.56 Å². The summed E-state index contributed by atoms with van der Waals surface area (Å²) >= 11 is 0. The van der Waals surface area contributed by atoms with E-state index in [4.69, 9.17) is 5.73 Å². The molecule has 5 nitrogen and oxygen atoms in total. The summed E-state index contributed by atoms with van der Waals surface area (Å²) in [5, 5.41) is 3.17. The van der Waals surface area contributed by atoms with Gasteiger partial charge in [-0.1, -0.05) is 12.1 Å². The average molecular weight is 302 g/mol. The fraction of sp³-hybridized carbons (Fsp3) is 0.250. The zero-order valence-electron chi connectivity index (χ0n) is 12.4. The molecule has 1 amide bonds. The standard InChI is InChI=1S/C16H19FN4O/c1-21(11-12-2-5-14(17)6-3-12)9-8-19-15-7-4-13(10-20-15)16(18)22/h2-7,10H,8-9,11H2,1H3,(H2,18,22)(H,19,20). The number of hydrogen-bond donors (Lipinski definition) is 2. The maximum atomic E-state index is 12.8. The summed E-state index contributed by atoms with van der Waals surface area (Å²) in [7, 11) is 1.99. The highest BCUT2D eigenvalue weighted by Gasteiger charge is 2.03. The number of amides is 1. The molecule has 0 atom stereocenters. The van der Waals surface area contributed by atoms with E-state index in [2.05, 4.69) is 15.2 Å². The summed E-state index contributed by atoms with van der Waals surface area (Å²) in [6.07, 6.45) is 1.45. The molecule has 0 saturated heterocycles. The molecule has 22 heavy (non-hydrogen) atoms. The Bertz CT molecular complexity index is 613. The van der Waals surface area contributed by atoms with E-state index in [-0.39, 0.29) is 5.82 Å². The second-order valence-corrected chi connectivity index (χ2v) is 5.09. The van der Waals surface area contributed by atoms with E-state index in [1.807, 2.05) is 7.05 Å². The molecule has 1 aromatic heterocycles. The van der Waals surface area contributed by atoms with Crippen LogP contribution in [-0.2, 0) is 6.54 Å². The van der Waals surface area contributed by atoms with E-state index < -0.39 is 5.91 Å². The number of rotatable bonds is 7. The molecule has 0 radical (unpaired) electrons. The van der Waals surface area contributed by atoms with Crippen molar-refractivity contribution in [2.75, 3.05) is 25.5 Å². The van der Waals surface area contributed by atoms with Crippen molar-refractivity contribution < 1.29 is 9.18 Å². The highest BCUT2D eigenvalue weighted by atomic mass is 19.1. The van der Waals surface area contributed by atoms with Crippen molar-refractivity contribution in [3.63, 3.8) is 0 Å².